The number of hydrogen-bond donors (Lipinski definition) is 1. The van der Waals surface area contributed by atoms with Gasteiger partial charge in [-0.1, -0.05) is 28.9 Å². The second kappa shape index (κ2) is 6.88. The first-order chi connectivity index (χ1) is 11.6. The van der Waals surface area contributed by atoms with Gasteiger partial charge in [-0.2, -0.15) is 0 Å². The highest BCUT2D eigenvalue weighted by Crippen LogP contribution is 2.24. The van der Waals surface area contributed by atoms with Crippen molar-refractivity contribution in [3.63, 3.8) is 0 Å². The summed E-state index contributed by atoms with van der Waals surface area (Å²) in [5, 5.41) is 10.6. The van der Waals surface area contributed by atoms with Crippen molar-refractivity contribution in [2.75, 3.05) is 11.6 Å². The van der Waals surface area contributed by atoms with Crippen LogP contribution in [0, 0.1) is 13.8 Å². The highest BCUT2D eigenvalue weighted by Gasteiger charge is 2.14. The summed E-state index contributed by atoms with van der Waals surface area (Å²) in [4.78, 5) is 13.5. The Bertz CT molecular complexity index is 889. The van der Waals surface area contributed by atoms with Crippen molar-refractivity contribution in [2.45, 2.75) is 18.7 Å². The van der Waals surface area contributed by atoms with Gasteiger partial charge in [0, 0.05) is 16.0 Å². The average Bonchev–Trinajstić information content (AvgIpc) is 3.03. The second-order valence-corrected chi connectivity index (χ2v) is 6.30. The van der Waals surface area contributed by atoms with Gasteiger partial charge in [0.05, 0.1) is 0 Å². The van der Waals surface area contributed by atoms with Crippen LogP contribution in [0.25, 0.3) is 11.5 Å². The number of thioether (sulfide) groups is 1. The van der Waals surface area contributed by atoms with Gasteiger partial charge in [-0.05, 0) is 49.9 Å². The molecule has 0 radical (unpaired) electrons. The van der Waals surface area contributed by atoms with Gasteiger partial charge in [0.25, 0.3) is 5.91 Å². The Morgan fingerprint density at radius 3 is 2.71 bits per heavy atom. The number of aromatic nitrogens is 2. The summed E-state index contributed by atoms with van der Waals surface area (Å²) in [6, 6.07) is 13.5. The molecular weight excluding hydrogens is 322 g/mol. The quantitative estimate of drug-likeness (QED) is 0.717. The van der Waals surface area contributed by atoms with Crippen LogP contribution in [0.2, 0.25) is 0 Å². The van der Waals surface area contributed by atoms with Crippen LogP contribution in [0.5, 0.6) is 0 Å². The minimum Gasteiger partial charge on any atom is -0.403 e. The van der Waals surface area contributed by atoms with Crippen molar-refractivity contribution in [2.24, 2.45) is 0 Å². The highest BCUT2D eigenvalue weighted by molar-refractivity contribution is 7.98. The predicted molar refractivity (Wildman–Crippen MR) is 95.4 cm³/mol. The first-order valence-corrected chi connectivity index (χ1v) is 8.66. The predicted octanol–water partition coefficient (Wildman–Crippen LogP) is 4.33. The van der Waals surface area contributed by atoms with Crippen molar-refractivity contribution < 1.29 is 9.21 Å². The summed E-state index contributed by atoms with van der Waals surface area (Å²) >= 11 is 1.64. The van der Waals surface area contributed by atoms with Gasteiger partial charge in [0.2, 0.25) is 5.89 Å². The molecule has 6 heteroatoms. The van der Waals surface area contributed by atoms with Crippen LogP contribution in [0.15, 0.2) is 51.8 Å². The van der Waals surface area contributed by atoms with Crippen LogP contribution in [0.1, 0.15) is 21.5 Å². The molecule has 1 aromatic heterocycles. The van der Waals surface area contributed by atoms with Gasteiger partial charge < -0.3 is 4.42 Å². The highest BCUT2D eigenvalue weighted by atomic mass is 32.2. The fourth-order valence-electron chi connectivity index (χ4n) is 2.38. The number of amides is 1. The van der Waals surface area contributed by atoms with Gasteiger partial charge in [-0.3, -0.25) is 10.1 Å². The molecule has 122 valence electrons. The van der Waals surface area contributed by atoms with E-state index in [4.69, 9.17) is 4.42 Å². The van der Waals surface area contributed by atoms with Crippen molar-refractivity contribution in [3.05, 3.63) is 59.2 Å². The third-order valence-corrected chi connectivity index (χ3v) is 4.31. The molecule has 2 aromatic carbocycles. The van der Waals surface area contributed by atoms with Crippen molar-refractivity contribution in [1.82, 2.24) is 10.2 Å². The number of rotatable bonds is 4. The zero-order valence-electron chi connectivity index (χ0n) is 13.7. The molecule has 1 amide bonds. The van der Waals surface area contributed by atoms with Crippen molar-refractivity contribution in [3.8, 4) is 11.5 Å². The monoisotopic (exact) mass is 339 g/mol. The maximum absolute atomic E-state index is 12.4. The lowest BCUT2D eigenvalue weighted by Crippen LogP contribution is -2.13. The lowest BCUT2D eigenvalue weighted by molar-refractivity contribution is 0.102. The Morgan fingerprint density at radius 1 is 1.12 bits per heavy atom. The SMILES string of the molecule is CSc1cccc(-c2nnc(NC(=O)c3ccc(C)cc3C)o2)c1. The molecule has 3 rings (SSSR count). The number of benzene rings is 2. The molecule has 0 saturated heterocycles. The summed E-state index contributed by atoms with van der Waals surface area (Å²) in [6.45, 7) is 3.89. The van der Waals surface area contributed by atoms with Crippen LogP contribution in [0.4, 0.5) is 6.01 Å². The smallest absolute Gasteiger partial charge is 0.322 e. The van der Waals surface area contributed by atoms with E-state index in [2.05, 4.69) is 15.5 Å². The Hall–Kier alpha value is -2.60. The lowest BCUT2D eigenvalue weighted by atomic mass is 10.1. The van der Waals surface area contributed by atoms with Gasteiger partial charge in [-0.25, -0.2) is 0 Å². The van der Waals surface area contributed by atoms with E-state index >= 15 is 0 Å². The van der Waals surface area contributed by atoms with Gasteiger partial charge in [0.1, 0.15) is 0 Å². The van der Waals surface area contributed by atoms with E-state index in [0.717, 1.165) is 21.6 Å². The third kappa shape index (κ3) is 3.49. The van der Waals surface area contributed by atoms with Crippen LogP contribution >= 0.6 is 11.8 Å². The molecule has 0 aliphatic heterocycles. The van der Waals surface area contributed by atoms with Crippen LogP contribution in [-0.2, 0) is 0 Å². The van der Waals surface area contributed by atoms with E-state index in [1.165, 1.54) is 0 Å². The molecule has 1 N–H and O–H groups in total. The summed E-state index contributed by atoms with van der Waals surface area (Å²) < 4.78 is 5.56. The molecule has 3 aromatic rings. The van der Waals surface area contributed by atoms with Crippen molar-refractivity contribution >= 4 is 23.7 Å². The molecule has 0 spiro atoms. The summed E-state index contributed by atoms with van der Waals surface area (Å²) in [5.41, 5.74) is 3.42. The number of aryl methyl sites for hydroxylation is 2. The largest absolute Gasteiger partial charge is 0.403 e. The van der Waals surface area contributed by atoms with E-state index in [0.29, 0.717) is 11.5 Å². The molecule has 0 unspecified atom stereocenters. The maximum atomic E-state index is 12.4. The molecule has 0 aliphatic carbocycles. The minimum absolute atomic E-state index is 0.0875. The topological polar surface area (TPSA) is 68.0 Å². The standard InChI is InChI=1S/C18H17N3O2S/c1-11-7-8-15(12(2)9-11)16(22)19-18-21-20-17(23-18)13-5-4-6-14(10-13)24-3/h4-10H,1-3H3,(H,19,21,22). The molecule has 0 fully saturated rings. The summed E-state index contributed by atoms with van der Waals surface area (Å²) in [6.07, 6.45) is 2.00. The van der Waals surface area contributed by atoms with Crippen LogP contribution in [-0.4, -0.2) is 22.4 Å². The van der Waals surface area contributed by atoms with Gasteiger partial charge in [0.15, 0.2) is 0 Å². The minimum atomic E-state index is -0.263. The second-order valence-electron chi connectivity index (χ2n) is 5.42. The number of carbonyl (C=O) groups excluding carboxylic acids is 1. The molecule has 0 bridgehead atoms. The van der Waals surface area contributed by atoms with E-state index in [9.17, 15) is 4.79 Å². The van der Waals surface area contributed by atoms with E-state index in [1.54, 1.807) is 17.8 Å². The fraction of sp³-hybridized carbons (Fsp3) is 0.167. The van der Waals surface area contributed by atoms with Crippen LogP contribution in [0.3, 0.4) is 0 Å². The van der Waals surface area contributed by atoms with E-state index < -0.39 is 0 Å². The molecule has 24 heavy (non-hydrogen) atoms. The Kier molecular flexibility index (Phi) is 4.66. The fourth-order valence-corrected chi connectivity index (χ4v) is 2.84. The van der Waals surface area contributed by atoms with E-state index in [-0.39, 0.29) is 11.9 Å². The average molecular weight is 339 g/mol. The molecule has 5 nitrogen and oxygen atoms in total. The van der Waals surface area contributed by atoms with Gasteiger partial charge in [-0.15, -0.1) is 16.9 Å². The van der Waals surface area contributed by atoms with Crippen molar-refractivity contribution in [1.29, 1.82) is 0 Å². The first kappa shape index (κ1) is 16.3. The number of nitrogens with one attached hydrogen (secondary N) is 1. The third-order valence-electron chi connectivity index (χ3n) is 3.59. The molecular formula is C18H17N3O2S. The van der Waals surface area contributed by atoms with E-state index in [1.807, 2.05) is 56.5 Å². The molecule has 0 saturated carbocycles. The Labute approximate surface area is 144 Å². The zero-order chi connectivity index (χ0) is 17.1. The number of nitrogens with zero attached hydrogens (tertiary/aromatic N) is 2. The first-order valence-electron chi connectivity index (χ1n) is 7.43. The number of anilines is 1. The Balaban J connectivity index is 1.79. The van der Waals surface area contributed by atoms with Gasteiger partial charge >= 0.3 is 6.01 Å². The molecule has 0 aliphatic rings. The number of carbonyl (C=O) groups is 1. The summed E-state index contributed by atoms with van der Waals surface area (Å²) in [5.74, 6) is 0.113. The molecule has 0 atom stereocenters. The summed E-state index contributed by atoms with van der Waals surface area (Å²) in [7, 11) is 0. The van der Waals surface area contributed by atoms with Crippen LogP contribution < -0.4 is 5.32 Å². The zero-order valence-corrected chi connectivity index (χ0v) is 14.5. The number of hydrogen-bond acceptors (Lipinski definition) is 5. The normalized spacial score (nSPS) is 10.6. The Morgan fingerprint density at radius 2 is 1.96 bits per heavy atom. The molecule has 1 heterocycles. The maximum Gasteiger partial charge on any atom is 0.322 e. The lowest BCUT2D eigenvalue weighted by Gasteiger charge is -2.05.